The van der Waals surface area contributed by atoms with Gasteiger partial charge in [-0.25, -0.2) is 4.98 Å². The number of aromatic nitrogens is 1. The van der Waals surface area contributed by atoms with Crippen molar-refractivity contribution in [2.75, 3.05) is 24.2 Å². The van der Waals surface area contributed by atoms with Crippen LogP contribution in [0, 0.1) is 5.92 Å². The van der Waals surface area contributed by atoms with Crippen LogP contribution in [0.2, 0.25) is 10.0 Å². The van der Waals surface area contributed by atoms with Crippen molar-refractivity contribution >= 4 is 34.8 Å². The highest BCUT2D eigenvalue weighted by molar-refractivity contribution is 6.37. The minimum absolute atomic E-state index is 0.191. The molecule has 0 bridgehead atoms. The maximum absolute atomic E-state index is 8.99. The second-order valence-corrected chi connectivity index (χ2v) is 5.05. The molecule has 102 valence electrons. The van der Waals surface area contributed by atoms with Gasteiger partial charge < -0.3 is 16.2 Å². The van der Waals surface area contributed by atoms with Gasteiger partial charge in [0, 0.05) is 13.2 Å². The summed E-state index contributed by atoms with van der Waals surface area (Å²) in [4.78, 5) is 4.10. The normalized spacial score (nSPS) is 12.4. The molecule has 0 fully saturated rings. The van der Waals surface area contributed by atoms with Crippen molar-refractivity contribution in [2.45, 2.75) is 26.2 Å². The fourth-order valence-electron chi connectivity index (χ4n) is 1.79. The number of nitrogen functional groups attached to an aromatic ring is 1. The summed E-state index contributed by atoms with van der Waals surface area (Å²) in [6.45, 7) is 3.02. The van der Waals surface area contributed by atoms with Gasteiger partial charge in [0.2, 0.25) is 0 Å². The zero-order valence-corrected chi connectivity index (χ0v) is 11.9. The van der Waals surface area contributed by atoms with Crippen molar-refractivity contribution in [2.24, 2.45) is 5.92 Å². The first-order valence-corrected chi connectivity index (χ1v) is 6.80. The molecule has 0 radical (unpaired) electrons. The molecule has 18 heavy (non-hydrogen) atoms. The van der Waals surface area contributed by atoms with Crippen LogP contribution < -0.4 is 11.1 Å². The molecule has 0 aliphatic rings. The van der Waals surface area contributed by atoms with Gasteiger partial charge >= 0.3 is 0 Å². The number of halogens is 2. The van der Waals surface area contributed by atoms with Gasteiger partial charge in [-0.3, -0.25) is 0 Å². The van der Waals surface area contributed by atoms with Crippen molar-refractivity contribution in [3.8, 4) is 0 Å². The van der Waals surface area contributed by atoms with Crippen molar-refractivity contribution in [3.63, 3.8) is 0 Å². The van der Waals surface area contributed by atoms with Gasteiger partial charge in [0.15, 0.2) is 0 Å². The molecule has 1 aromatic rings. The quantitative estimate of drug-likeness (QED) is 0.721. The van der Waals surface area contributed by atoms with E-state index in [1.807, 2.05) is 0 Å². The number of aliphatic hydroxyl groups is 1. The van der Waals surface area contributed by atoms with E-state index in [9.17, 15) is 0 Å². The monoisotopic (exact) mass is 291 g/mol. The Labute approximate surface area is 117 Å². The number of pyridine rings is 1. The molecule has 4 N–H and O–H groups in total. The number of nitrogens with zero attached hydrogens (tertiary/aromatic N) is 1. The molecule has 0 amide bonds. The van der Waals surface area contributed by atoms with Crippen LogP contribution in [0.4, 0.5) is 11.6 Å². The molecule has 0 aliphatic heterocycles. The van der Waals surface area contributed by atoms with E-state index in [4.69, 9.17) is 34.0 Å². The van der Waals surface area contributed by atoms with Crippen molar-refractivity contribution in [1.82, 2.24) is 4.98 Å². The van der Waals surface area contributed by atoms with Crippen LogP contribution >= 0.6 is 23.2 Å². The summed E-state index contributed by atoms with van der Waals surface area (Å²) in [6.07, 6.45) is 2.89. The third-order valence-electron chi connectivity index (χ3n) is 2.75. The Morgan fingerprint density at radius 2 is 2.11 bits per heavy atom. The van der Waals surface area contributed by atoms with Crippen LogP contribution in [-0.2, 0) is 0 Å². The number of hydrogen-bond acceptors (Lipinski definition) is 4. The second-order valence-electron chi connectivity index (χ2n) is 4.23. The molecule has 1 rings (SSSR count). The Kier molecular flexibility index (Phi) is 6.54. The number of nitrogens with one attached hydrogen (secondary N) is 1. The highest BCUT2D eigenvalue weighted by Gasteiger charge is 2.10. The summed E-state index contributed by atoms with van der Waals surface area (Å²) in [6, 6.07) is 1.58. The van der Waals surface area contributed by atoms with Gasteiger partial charge in [-0.15, -0.1) is 0 Å². The molecule has 0 spiro atoms. The maximum Gasteiger partial charge on any atom is 0.147 e. The van der Waals surface area contributed by atoms with E-state index in [1.165, 1.54) is 0 Å². The Hall–Kier alpha value is -0.710. The molecule has 0 saturated heterocycles. The number of rotatable bonds is 7. The third kappa shape index (κ3) is 4.52. The summed E-state index contributed by atoms with van der Waals surface area (Å²) in [5, 5.41) is 13.0. The first kappa shape index (κ1) is 15.3. The van der Waals surface area contributed by atoms with Crippen LogP contribution in [0.15, 0.2) is 6.07 Å². The minimum atomic E-state index is 0.191. The van der Waals surface area contributed by atoms with Gasteiger partial charge in [-0.1, -0.05) is 36.5 Å². The molecule has 6 heteroatoms. The summed E-state index contributed by atoms with van der Waals surface area (Å²) in [5.41, 5.74) is 5.63. The van der Waals surface area contributed by atoms with Gasteiger partial charge in [0.25, 0.3) is 0 Å². The molecule has 4 nitrogen and oxygen atoms in total. The highest BCUT2D eigenvalue weighted by atomic mass is 35.5. The molecule has 0 aliphatic carbocycles. The molecule has 1 unspecified atom stereocenters. The standard InChI is InChI=1S/C12H19Cl2N3O/c1-2-3-8(4-5-18)7-16-12-10(14)6-9(13)11(15)17-12/h6,8,18H,2-5,7H2,1H3,(H3,15,16,17). The largest absolute Gasteiger partial charge is 0.396 e. The van der Waals surface area contributed by atoms with E-state index in [1.54, 1.807) is 6.07 Å². The van der Waals surface area contributed by atoms with Crippen molar-refractivity contribution in [3.05, 3.63) is 16.1 Å². The van der Waals surface area contributed by atoms with Crippen molar-refractivity contribution in [1.29, 1.82) is 0 Å². The van der Waals surface area contributed by atoms with E-state index >= 15 is 0 Å². The molecular weight excluding hydrogens is 273 g/mol. The van der Waals surface area contributed by atoms with Crippen LogP contribution in [0.25, 0.3) is 0 Å². The summed E-state index contributed by atoms with van der Waals surface area (Å²) in [5.74, 6) is 1.20. The number of aliphatic hydroxyl groups excluding tert-OH is 1. The molecule has 1 atom stereocenters. The average molecular weight is 292 g/mol. The predicted molar refractivity (Wildman–Crippen MR) is 77.3 cm³/mol. The Morgan fingerprint density at radius 1 is 1.39 bits per heavy atom. The van der Waals surface area contributed by atoms with Gasteiger partial charge in [0.1, 0.15) is 11.6 Å². The van der Waals surface area contributed by atoms with Crippen LogP contribution in [0.3, 0.4) is 0 Å². The molecule has 1 heterocycles. The third-order valence-corrected chi connectivity index (χ3v) is 3.34. The first-order chi connectivity index (χ1) is 8.58. The zero-order chi connectivity index (χ0) is 13.5. The fraction of sp³-hybridized carbons (Fsp3) is 0.583. The van der Waals surface area contributed by atoms with E-state index in [2.05, 4.69) is 17.2 Å². The smallest absolute Gasteiger partial charge is 0.147 e. The van der Waals surface area contributed by atoms with Gasteiger partial charge in [0.05, 0.1) is 10.0 Å². The molecule has 1 aromatic heterocycles. The lowest BCUT2D eigenvalue weighted by atomic mass is 10.0. The highest BCUT2D eigenvalue weighted by Crippen LogP contribution is 2.27. The van der Waals surface area contributed by atoms with Crippen LogP contribution in [0.5, 0.6) is 0 Å². The van der Waals surface area contributed by atoms with Crippen molar-refractivity contribution < 1.29 is 5.11 Å². The second kappa shape index (κ2) is 7.67. The lowest BCUT2D eigenvalue weighted by Crippen LogP contribution is -2.16. The summed E-state index contributed by atoms with van der Waals surface area (Å²) in [7, 11) is 0. The zero-order valence-electron chi connectivity index (χ0n) is 10.4. The van der Waals surface area contributed by atoms with E-state index < -0.39 is 0 Å². The lowest BCUT2D eigenvalue weighted by molar-refractivity contribution is 0.255. The maximum atomic E-state index is 8.99. The Balaban J connectivity index is 2.64. The fourth-order valence-corrected chi connectivity index (χ4v) is 2.21. The average Bonchev–Trinajstić information content (AvgIpc) is 2.32. The van der Waals surface area contributed by atoms with Crippen LogP contribution in [-0.4, -0.2) is 23.2 Å². The number of nitrogens with two attached hydrogens (primary N) is 1. The minimum Gasteiger partial charge on any atom is -0.396 e. The lowest BCUT2D eigenvalue weighted by Gasteiger charge is -2.17. The van der Waals surface area contributed by atoms with Gasteiger partial charge in [-0.05, 0) is 24.8 Å². The molecule has 0 saturated carbocycles. The van der Waals surface area contributed by atoms with Gasteiger partial charge in [-0.2, -0.15) is 0 Å². The molecule has 0 aromatic carbocycles. The SMILES string of the molecule is CCCC(CCO)CNc1nc(N)c(Cl)cc1Cl. The molecular formula is C12H19Cl2N3O. The summed E-state index contributed by atoms with van der Waals surface area (Å²) >= 11 is 11.8. The summed E-state index contributed by atoms with van der Waals surface area (Å²) < 4.78 is 0. The number of hydrogen-bond donors (Lipinski definition) is 3. The topological polar surface area (TPSA) is 71.2 Å². The van der Waals surface area contributed by atoms with E-state index in [-0.39, 0.29) is 12.4 Å². The number of anilines is 2. The Morgan fingerprint density at radius 3 is 2.72 bits per heavy atom. The predicted octanol–water partition coefficient (Wildman–Crippen LogP) is 3.18. The van der Waals surface area contributed by atoms with Crippen LogP contribution in [0.1, 0.15) is 26.2 Å². The Bertz CT molecular complexity index is 382. The first-order valence-electron chi connectivity index (χ1n) is 6.04. The van der Waals surface area contributed by atoms with E-state index in [0.717, 1.165) is 19.3 Å². The van der Waals surface area contributed by atoms with E-state index in [0.29, 0.717) is 28.3 Å².